The van der Waals surface area contributed by atoms with Crippen molar-refractivity contribution in [3.8, 4) is 0 Å². The van der Waals surface area contributed by atoms with Crippen LogP contribution < -0.4 is 10.6 Å². The summed E-state index contributed by atoms with van der Waals surface area (Å²) in [5.41, 5.74) is 4.95. The van der Waals surface area contributed by atoms with Crippen molar-refractivity contribution >= 4 is 0 Å². The number of hydrogen-bond donors (Lipinski definition) is 4. The SMILES string of the molecule is OCC(NC1CCC(N(Cc2ccccc2)Cc2ccccc2)CC1)C(F)(F)F.OCC(NC1CCC(N(Cc2ccccc2)Cc2ccccc2)CC1)C(F)(F)F. The minimum Gasteiger partial charge on any atom is -0.394 e. The highest BCUT2D eigenvalue weighted by Crippen LogP contribution is 2.30. The van der Waals surface area contributed by atoms with E-state index in [9.17, 15) is 26.3 Å². The zero-order valence-electron chi connectivity index (χ0n) is 33.0. The summed E-state index contributed by atoms with van der Waals surface area (Å²) in [6.07, 6.45) is -2.76. The Kier molecular flexibility index (Phi) is 17.6. The van der Waals surface area contributed by atoms with Crippen LogP contribution in [0.15, 0.2) is 121 Å². The predicted molar refractivity (Wildman–Crippen MR) is 216 cm³/mol. The van der Waals surface area contributed by atoms with Crippen molar-refractivity contribution in [2.24, 2.45) is 0 Å². The Hall–Kier alpha value is -3.78. The van der Waals surface area contributed by atoms with Crippen LogP contribution in [0.25, 0.3) is 0 Å². The summed E-state index contributed by atoms with van der Waals surface area (Å²) < 4.78 is 77.6. The van der Waals surface area contributed by atoms with E-state index in [1.807, 2.05) is 72.8 Å². The molecule has 4 N–H and O–H groups in total. The van der Waals surface area contributed by atoms with Gasteiger partial charge in [0.15, 0.2) is 0 Å². The van der Waals surface area contributed by atoms with Crippen molar-refractivity contribution in [3.63, 3.8) is 0 Å². The number of aliphatic hydroxyl groups is 2. The van der Waals surface area contributed by atoms with E-state index >= 15 is 0 Å². The van der Waals surface area contributed by atoms with Gasteiger partial charge in [-0.3, -0.25) is 9.80 Å². The maximum absolute atomic E-state index is 12.9. The lowest BCUT2D eigenvalue weighted by Crippen LogP contribution is -2.51. The molecule has 2 unspecified atom stereocenters. The van der Waals surface area contributed by atoms with E-state index in [0.29, 0.717) is 37.8 Å². The Balaban J connectivity index is 0.000000221. The number of rotatable bonds is 16. The first-order chi connectivity index (χ1) is 27.9. The lowest BCUT2D eigenvalue weighted by molar-refractivity contribution is -0.167. The van der Waals surface area contributed by atoms with Crippen molar-refractivity contribution in [1.82, 2.24) is 20.4 Å². The molecule has 0 heterocycles. The van der Waals surface area contributed by atoms with Gasteiger partial charge in [-0.2, -0.15) is 26.3 Å². The predicted octanol–water partition coefficient (Wildman–Crippen LogP) is 9.03. The summed E-state index contributed by atoms with van der Waals surface area (Å²) in [6, 6.07) is 37.7. The van der Waals surface area contributed by atoms with E-state index < -0.39 is 37.7 Å². The first kappa shape index (κ1) is 45.3. The Morgan fingerprint density at radius 2 is 0.672 bits per heavy atom. The van der Waals surface area contributed by atoms with Gasteiger partial charge in [0.25, 0.3) is 0 Å². The standard InChI is InChI=1S/2C23H29F3N2O/c2*24-23(25,26)22(17-29)27-20-11-13-21(14-12-20)28(15-18-7-3-1-4-8-18)16-19-9-5-2-6-10-19/h2*1-10,20-22,27,29H,11-17H2. The van der Waals surface area contributed by atoms with E-state index in [-0.39, 0.29) is 12.1 Å². The second-order valence-electron chi connectivity index (χ2n) is 15.7. The average Bonchev–Trinajstić information content (AvgIpc) is 3.23. The molecular weight excluding hydrogens is 755 g/mol. The number of halogens is 6. The molecule has 2 aliphatic carbocycles. The Bertz CT molecular complexity index is 1480. The quantitative estimate of drug-likeness (QED) is 0.0848. The third kappa shape index (κ3) is 14.8. The highest BCUT2D eigenvalue weighted by atomic mass is 19.4. The molecule has 4 aromatic rings. The number of aliphatic hydroxyl groups excluding tert-OH is 2. The maximum Gasteiger partial charge on any atom is 0.406 e. The third-order valence-electron chi connectivity index (χ3n) is 11.4. The highest BCUT2D eigenvalue weighted by molar-refractivity contribution is 5.19. The molecule has 2 saturated carbocycles. The molecule has 0 aliphatic heterocycles. The van der Waals surface area contributed by atoms with Gasteiger partial charge in [-0.05, 0) is 73.6 Å². The fourth-order valence-corrected chi connectivity index (χ4v) is 8.19. The number of benzene rings is 4. The lowest BCUT2D eigenvalue weighted by Gasteiger charge is -2.38. The van der Waals surface area contributed by atoms with Crippen molar-refractivity contribution in [2.45, 2.75) is 126 Å². The molecular formula is C46H58F6N4O2. The van der Waals surface area contributed by atoms with Crippen LogP contribution in [-0.4, -0.2) is 81.8 Å². The molecule has 2 fully saturated rings. The highest BCUT2D eigenvalue weighted by Gasteiger charge is 2.42. The minimum atomic E-state index is -4.42. The van der Waals surface area contributed by atoms with E-state index in [4.69, 9.17) is 10.2 Å². The van der Waals surface area contributed by atoms with Gasteiger partial charge in [0.05, 0.1) is 13.2 Å². The number of nitrogens with zero attached hydrogens (tertiary/aromatic N) is 2. The monoisotopic (exact) mass is 812 g/mol. The summed E-state index contributed by atoms with van der Waals surface area (Å²) in [4.78, 5) is 4.88. The molecule has 58 heavy (non-hydrogen) atoms. The van der Waals surface area contributed by atoms with Crippen LogP contribution in [0.5, 0.6) is 0 Å². The van der Waals surface area contributed by atoms with Crippen LogP contribution in [0.4, 0.5) is 26.3 Å². The minimum absolute atomic E-state index is 0.208. The van der Waals surface area contributed by atoms with Gasteiger partial charge in [0.1, 0.15) is 12.1 Å². The molecule has 2 aliphatic rings. The van der Waals surface area contributed by atoms with Gasteiger partial charge in [-0.15, -0.1) is 0 Å². The van der Waals surface area contributed by atoms with E-state index in [1.165, 1.54) is 22.3 Å². The molecule has 2 atom stereocenters. The molecule has 0 saturated heterocycles. The zero-order valence-corrected chi connectivity index (χ0v) is 33.0. The second kappa shape index (κ2) is 22.6. The van der Waals surface area contributed by atoms with Crippen LogP contribution in [0.2, 0.25) is 0 Å². The van der Waals surface area contributed by atoms with Crippen LogP contribution in [-0.2, 0) is 26.2 Å². The fourth-order valence-electron chi connectivity index (χ4n) is 8.19. The lowest BCUT2D eigenvalue weighted by atomic mass is 9.89. The third-order valence-corrected chi connectivity index (χ3v) is 11.4. The molecule has 0 radical (unpaired) electrons. The molecule has 316 valence electrons. The molecule has 0 spiro atoms. The molecule has 0 aromatic heterocycles. The van der Waals surface area contributed by atoms with Crippen molar-refractivity contribution in [2.75, 3.05) is 13.2 Å². The number of hydrogen-bond acceptors (Lipinski definition) is 6. The Labute approximate surface area is 339 Å². The fraction of sp³-hybridized carbons (Fsp3) is 0.478. The van der Waals surface area contributed by atoms with Gasteiger partial charge in [0, 0.05) is 50.3 Å². The smallest absolute Gasteiger partial charge is 0.394 e. The summed E-state index contributed by atoms with van der Waals surface area (Å²) in [5, 5.41) is 23.4. The van der Waals surface area contributed by atoms with Crippen LogP contribution in [0.1, 0.15) is 73.6 Å². The average molecular weight is 813 g/mol. The van der Waals surface area contributed by atoms with Gasteiger partial charge < -0.3 is 20.8 Å². The van der Waals surface area contributed by atoms with Crippen LogP contribution in [0, 0.1) is 0 Å². The molecule has 12 heteroatoms. The van der Waals surface area contributed by atoms with E-state index in [0.717, 1.165) is 51.9 Å². The van der Waals surface area contributed by atoms with Crippen molar-refractivity contribution < 1.29 is 36.6 Å². The van der Waals surface area contributed by atoms with Gasteiger partial charge >= 0.3 is 12.4 Å². The topological polar surface area (TPSA) is 71.0 Å². The van der Waals surface area contributed by atoms with Crippen molar-refractivity contribution in [1.29, 1.82) is 0 Å². The summed E-state index contributed by atoms with van der Waals surface area (Å²) >= 11 is 0. The maximum atomic E-state index is 12.9. The first-order valence-corrected chi connectivity index (χ1v) is 20.4. The largest absolute Gasteiger partial charge is 0.406 e. The van der Waals surface area contributed by atoms with E-state index in [1.54, 1.807) is 0 Å². The summed E-state index contributed by atoms with van der Waals surface area (Å²) in [7, 11) is 0. The van der Waals surface area contributed by atoms with Gasteiger partial charge in [-0.25, -0.2) is 0 Å². The molecule has 0 amide bonds. The normalized spacial score (nSPS) is 21.3. The molecule has 6 nitrogen and oxygen atoms in total. The first-order valence-electron chi connectivity index (χ1n) is 20.4. The van der Waals surface area contributed by atoms with Gasteiger partial charge in [-0.1, -0.05) is 121 Å². The summed E-state index contributed by atoms with van der Waals surface area (Å²) in [6.45, 7) is 1.44. The molecule has 6 rings (SSSR count). The van der Waals surface area contributed by atoms with Gasteiger partial charge in [0.2, 0.25) is 0 Å². The Morgan fingerprint density at radius 1 is 0.431 bits per heavy atom. The number of alkyl halides is 6. The van der Waals surface area contributed by atoms with Crippen LogP contribution in [0.3, 0.4) is 0 Å². The molecule has 0 bridgehead atoms. The van der Waals surface area contributed by atoms with Crippen molar-refractivity contribution in [3.05, 3.63) is 144 Å². The van der Waals surface area contributed by atoms with Crippen LogP contribution >= 0.6 is 0 Å². The summed E-state index contributed by atoms with van der Waals surface area (Å²) in [5.74, 6) is 0. The Morgan fingerprint density at radius 3 is 0.879 bits per heavy atom. The zero-order chi connectivity index (χ0) is 41.4. The van der Waals surface area contributed by atoms with E-state index in [2.05, 4.69) is 69.0 Å². The second-order valence-corrected chi connectivity index (χ2v) is 15.7. The number of nitrogens with one attached hydrogen (secondary N) is 2. The molecule has 4 aromatic carbocycles.